The first-order valence-electron chi connectivity index (χ1n) is 6.51. The van der Waals surface area contributed by atoms with Crippen molar-refractivity contribution in [3.05, 3.63) is 27.9 Å². The second-order valence-corrected chi connectivity index (χ2v) is 5.49. The fourth-order valence-corrected chi connectivity index (χ4v) is 1.49. The average Bonchev–Trinajstić information content (AvgIpc) is 2.33. The molecule has 0 unspecified atom stereocenters. The number of nitrogens with zero attached hydrogens (tertiary/aromatic N) is 2. The van der Waals surface area contributed by atoms with Gasteiger partial charge in [0, 0.05) is 25.4 Å². The van der Waals surface area contributed by atoms with Crippen molar-refractivity contribution in [1.82, 2.24) is 10.3 Å². The molecule has 8 heteroatoms. The molecule has 0 fully saturated rings. The van der Waals surface area contributed by atoms with Crippen molar-refractivity contribution in [3.63, 3.8) is 0 Å². The van der Waals surface area contributed by atoms with Crippen LogP contribution < -0.4 is 10.6 Å². The molecule has 1 amide bonds. The molecule has 0 aliphatic carbocycles. The van der Waals surface area contributed by atoms with Gasteiger partial charge in [-0.2, -0.15) is 0 Å². The molecule has 0 aliphatic heterocycles. The van der Waals surface area contributed by atoms with Gasteiger partial charge in [0.15, 0.2) is 0 Å². The minimum Gasteiger partial charge on any atom is -0.444 e. The quantitative estimate of drug-likeness (QED) is 0.490. The third-order valence-electron chi connectivity index (χ3n) is 2.29. The van der Waals surface area contributed by atoms with Crippen molar-refractivity contribution in [3.8, 4) is 0 Å². The van der Waals surface area contributed by atoms with Crippen molar-refractivity contribution < 1.29 is 14.5 Å². The Bertz CT molecular complexity index is 525. The molecule has 8 nitrogen and oxygen atoms in total. The minimum absolute atomic E-state index is 0.0905. The van der Waals surface area contributed by atoms with E-state index in [1.165, 1.54) is 12.3 Å². The Morgan fingerprint density at radius 2 is 2.10 bits per heavy atom. The number of amides is 1. The molecule has 116 valence electrons. The number of carbonyl (C=O) groups is 1. The van der Waals surface area contributed by atoms with Crippen LogP contribution >= 0.6 is 0 Å². The molecule has 0 aromatic carbocycles. The Labute approximate surface area is 123 Å². The van der Waals surface area contributed by atoms with Crippen molar-refractivity contribution in [2.24, 2.45) is 0 Å². The molecule has 0 aliphatic rings. The predicted molar refractivity (Wildman–Crippen MR) is 78.4 cm³/mol. The van der Waals surface area contributed by atoms with Gasteiger partial charge in [0.05, 0.1) is 4.92 Å². The number of aromatic nitrogens is 1. The number of hydrogen-bond donors (Lipinski definition) is 2. The number of anilines is 1. The number of alkyl carbamates (subject to hydrolysis) is 1. The highest BCUT2D eigenvalue weighted by Crippen LogP contribution is 2.21. The zero-order valence-electron chi connectivity index (χ0n) is 12.6. The maximum Gasteiger partial charge on any atom is 0.407 e. The van der Waals surface area contributed by atoms with Gasteiger partial charge in [0.25, 0.3) is 0 Å². The van der Waals surface area contributed by atoms with Crippen LogP contribution in [0.4, 0.5) is 16.3 Å². The number of rotatable bonds is 5. The predicted octanol–water partition coefficient (Wildman–Crippen LogP) is 2.23. The standard InChI is InChI=1S/C13H20N4O4/c1-9-7-10(17(19)20)11(16-8-9)14-5-6-15-12(18)21-13(2,3)4/h7-8H,5-6H2,1-4H3,(H,14,16)(H,15,18). The molecule has 1 aromatic heterocycles. The molecular weight excluding hydrogens is 276 g/mol. The number of nitrogens with one attached hydrogen (secondary N) is 2. The molecule has 21 heavy (non-hydrogen) atoms. The van der Waals surface area contributed by atoms with Gasteiger partial charge in [0.2, 0.25) is 5.82 Å². The van der Waals surface area contributed by atoms with Crippen LogP contribution in [0.1, 0.15) is 26.3 Å². The first-order valence-corrected chi connectivity index (χ1v) is 6.51. The second-order valence-electron chi connectivity index (χ2n) is 5.49. The lowest BCUT2D eigenvalue weighted by atomic mass is 10.2. The zero-order valence-corrected chi connectivity index (χ0v) is 12.6. The van der Waals surface area contributed by atoms with Gasteiger partial charge in [0.1, 0.15) is 5.60 Å². The van der Waals surface area contributed by atoms with Crippen LogP contribution in [0.5, 0.6) is 0 Å². The first-order chi connectivity index (χ1) is 9.69. The van der Waals surface area contributed by atoms with Crippen LogP contribution in [-0.4, -0.2) is 34.7 Å². The highest BCUT2D eigenvalue weighted by atomic mass is 16.6. The lowest BCUT2D eigenvalue weighted by Gasteiger charge is -2.19. The van der Waals surface area contributed by atoms with Crippen molar-refractivity contribution in [2.75, 3.05) is 18.4 Å². The molecule has 1 rings (SSSR count). The molecule has 0 saturated carbocycles. The zero-order chi connectivity index (χ0) is 16.0. The smallest absolute Gasteiger partial charge is 0.407 e. The highest BCUT2D eigenvalue weighted by molar-refractivity contribution is 5.67. The first kappa shape index (κ1) is 16.7. The number of nitro groups is 1. The fraction of sp³-hybridized carbons (Fsp3) is 0.538. The monoisotopic (exact) mass is 296 g/mol. The van der Waals surface area contributed by atoms with Crippen LogP contribution in [0.2, 0.25) is 0 Å². The van der Waals surface area contributed by atoms with Crippen LogP contribution in [0.3, 0.4) is 0 Å². The number of pyridine rings is 1. The summed E-state index contributed by atoms with van der Waals surface area (Å²) in [6, 6.07) is 1.44. The van der Waals surface area contributed by atoms with E-state index in [1.54, 1.807) is 27.7 Å². The highest BCUT2D eigenvalue weighted by Gasteiger charge is 2.17. The minimum atomic E-state index is -0.561. The topological polar surface area (TPSA) is 106 Å². The summed E-state index contributed by atoms with van der Waals surface area (Å²) in [6.45, 7) is 7.60. The molecule has 0 spiro atoms. The molecule has 1 heterocycles. The van der Waals surface area contributed by atoms with E-state index in [1.807, 2.05) is 0 Å². The summed E-state index contributed by atoms with van der Waals surface area (Å²) < 4.78 is 5.07. The van der Waals surface area contributed by atoms with E-state index < -0.39 is 16.6 Å². The van der Waals surface area contributed by atoms with Crippen LogP contribution in [0, 0.1) is 17.0 Å². The maximum absolute atomic E-state index is 11.4. The average molecular weight is 296 g/mol. The molecule has 2 N–H and O–H groups in total. The number of hydrogen-bond acceptors (Lipinski definition) is 6. The van der Waals surface area contributed by atoms with Gasteiger partial charge in [-0.25, -0.2) is 9.78 Å². The van der Waals surface area contributed by atoms with Gasteiger partial charge in [-0.05, 0) is 33.3 Å². The third kappa shape index (κ3) is 6.07. The van der Waals surface area contributed by atoms with Crippen LogP contribution in [-0.2, 0) is 4.74 Å². The van der Waals surface area contributed by atoms with E-state index >= 15 is 0 Å². The molecule has 0 radical (unpaired) electrons. The van der Waals surface area contributed by atoms with Gasteiger partial charge >= 0.3 is 11.8 Å². The van der Waals surface area contributed by atoms with Gasteiger partial charge in [-0.1, -0.05) is 0 Å². The number of aryl methyl sites for hydroxylation is 1. The molecular formula is C13H20N4O4. The fourth-order valence-electron chi connectivity index (χ4n) is 1.49. The van der Waals surface area contributed by atoms with E-state index in [9.17, 15) is 14.9 Å². The second kappa shape index (κ2) is 6.87. The van der Waals surface area contributed by atoms with Gasteiger partial charge in [-0.3, -0.25) is 10.1 Å². The summed E-state index contributed by atoms with van der Waals surface area (Å²) in [5.74, 6) is 0.177. The summed E-state index contributed by atoms with van der Waals surface area (Å²) in [5.41, 5.74) is 0.0563. The van der Waals surface area contributed by atoms with Gasteiger partial charge < -0.3 is 15.4 Å². The summed E-state index contributed by atoms with van der Waals surface area (Å²) in [7, 11) is 0. The van der Waals surface area contributed by atoms with E-state index in [0.29, 0.717) is 12.1 Å². The normalized spacial score (nSPS) is 10.9. The molecule has 0 bridgehead atoms. The van der Waals surface area contributed by atoms with Crippen LogP contribution in [0.25, 0.3) is 0 Å². The molecule has 1 aromatic rings. The van der Waals surface area contributed by atoms with E-state index in [-0.39, 0.29) is 18.1 Å². The molecule has 0 saturated heterocycles. The summed E-state index contributed by atoms with van der Waals surface area (Å²) >= 11 is 0. The number of ether oxygens (including phenoxy) is 1. The Morgan fingerprint density at radius 1 is 1.43 bits per heavy atom. The van der Waals surface area contributed by atoms with Gasteiger partial charge in [-0.15, -0.1) is 0 Å². The number of carbonyl (C=O) groups excluding carboxylic acids is 1. The van der Waals surface area contributed by atoms with E-state index in [0.717, 1.165) is 0 Å². The summed E-state index contributed by atoms with van der Waals surface area (Å²) in [6.07, 6.45) is 1.01. The Hall–Kier alpha value is -2.38. The maximum atomic E-state index is 11.4. The Kier molecular flexibility index (Phi) is 5.45. The Balaban J connectivity index is 2.47. The molecule has 0 atom stereocenters. The SMILES string of the molecule is Cc1cnc(NCCNC(=O)OC(C)(C)C)c([N+](=O)[O-])c1. The lowest BCUT2D eigenvalue weighted by Crippen LogP contribution is -2.35. The van der Waals surface area contributed by atoms with Crippen molar-refractivity contribution in [2.45, 2.75) is 33.3 Å². The van der Waals surface area contributed by atoms with Crippen LogP contribution in [0.15, 0.2) is 12.3 Å². The van der Waals surface area contributed by atoms with Crippen molar-refractivity contribution >= 4 is 17.6 Å². The summed E-state index contributed by atoms with van der Waals surface area (Å²) in [4.78, 5) is 25.8. The van der Waals surface area contributed by atoms with Crippen molar-refractivity contribution in [1.29, 1.82) is 0 Å². The van der Waals surface area contributed by atoms with E-state index in [2.05, 4.69) is 15.6 Å². The van der Waals surface area contributed by atoms with E-state index in [4.69, 9.17) is 4.74 Å². The Morgan fingerprint density at radius 3 is 2.67 bits per heavy atom. The summed E-state index contributed by atoms with van der Waals surface area (Å²) in [5, 5.41) is 16.3. The lowest BCUT2D eigenvalue weighted by molar-refractivity contribution is -0.384. The largest absolute Gasteiger partial charge is 0.444 e. The third-order valence-corrected chi connectivity index (χ3v) is 2.29.